The van der Waals surface area contributed by atoms with Gasteiger partial charge in [-0.3, -0.25) is 9.78 Å². The Morgan fingerprint density at radius 3 is 2.53 bits per heavy atom. The van der Waals surface area contributed by atoms with Gasteiger partial charge in [-0.1, -0.05) is 23.7 Å². The molecule has 19 heavy (non-hydrogen) atoms. The predicted octanol–water partition coefficient (Wildman–Crippen LogP) is 3.98. The van der Waals surface area contributed by atoms with Gasteiger partial charge in [0.1, 0.15) is 5.69 Å². The molecule has 0 saturated heterocycles. The van der Waals surface area contributed by atoms with Crippen molar-refractivity contribution in [1.82, 2.24) is 4.98 Å². The van der Waals surface area contributed by atoms with Gasteiger partial charge in [0.2, 0.25) is 5.78 Å². The molecule has 0 aliphatic carbocycles. The predicted molar refractivity (Wildman–Crippen MR) is 64.1 cm³/mol. The van der Waals surface area contributed by atoms with Crippen molar-refractivity contribution in [3.8, 4) is 0 Å². The third-order valence-electron chi connectivity index (χ3n) is 2.43. The first-order chi connectivity index (χ1) is 8.89. The van der Waals surface area contributed by atoms with Crippen LogP contribution in [0.3, 0.4) is 0 Å². The average Bonchev–Trinajstić information content (AvgIpc) is 2.38. The minimum Gasteiger partial charge on any atom is -0.287 e. The van der Waals surface area contributed by atoms with E-state index in [0.717, 1.165) is 12.1 Å². The fraction of sp³-hybridized carbons (Fsp3) is 0.0769. The van der Waals surface area contributed by atoms with E-state index in [0.29, 0.717) is 0 Å². The van der Waals surface area contributed by atoms with Gasteiger partial charge in [-0.15, -0.1) is 0 Å². The number of nitrogens with zero attached hydrogens (tertiary/aromatic N) is 1. The summed E-state index contributed by atoms with van der Waals surface area (Å²) < 4.78 is 37.7. The number of hydrogen-bond acceptors (Lipinski definition) is 2. The normalized spacial score (nSPS) is 11.4. The van der Waals surface area contributed by atoms with E-state index in [4.69, 9.17) is 11.6 Å². The van der Waals surface area contributed by atoms with E-state index in [9.17, 15) is 18.0 Å². The van der Waals surface area contributed by atoms with Crippen LogP contribution in [0.2, 0.25) is 5.02 Å². The molecule has 1 aromatic carbocycles. The SMILES string of the molecule is O=C(c1cccc(C(F)(F)F)c1)c1ncccc1Cl. The molecular weight excluding hydrogens is 279 g/mol. The molecule has 2 rings (SSSR count). The number of ketones is 1. The van der Waals surface area contributed by atoms with Gasteiger partial charge >= 0.3 is 6.18 Å². The number of carbonyl (C=O) groups is 1. The van der Waals surface area contributed by atoms with Crippen molar-refractivity contribution in [3.05, 3.63) is 64.4 Å². The zero-order valence-corrected chi connectivity index (χ0v) is 10.2. The van der Waals surface area contributed by atoms with Crippen LogP contribution in [0.15, 0.2) is 42.6 Å². The average molecular weight is 286 g/mol. The molecule has 6 heteroatoms. The second-order valence-electron chi connectivity index (χ2n) is 3.74. The van der Waals surface area contributed by atoms with Crippen molar-refractivity contribution >= 4 is 17.4 Å². The molecule has 0 unspecified atom stereocenters. The van der Waals surface area contributed by atoms with Crippen molar-refractivity contribution < 1.29 is 18.0 Å². The fourth-order valence-electron chi connectivity index (χ4n) is 1.53. The fourth-order valence-corrected chi connectivity index (χ4v) is 1.73. The third kappa shape index (κ3) is 2.93. The zero-order valence-electron chi connectivity index (χ0n) is 9.41. The van der Waals surface area contributed by atoms with Crippen molar-refractivity contribution in [2.45, 2.75) is 6.18 Å². The molecule has 98 valence electrons. The Morgan fingerprint density at radius 1 is 1.16 bits per heavy atom. The molecule has 1 heterocycles. The summed E-state index contributed by atoms with van der Waals surface area (Å²) >= 11 is 5.79. The first-order valence-corrected chi connectivity index (χ1v) is 5.60. The minimum absolute atomic E-state index is 0.0662. The van der Waals surface area contributed by atoms with E-state index >= 15 is 0 Å². The van der Waals surface area contributed by atoms with Gasteiger partial charge in [0.15, 0.2) is 0 Å². The highest BCUT2D eigenvalue weighted by molar-refractivity contribution is 6.34. The third-order valence-corrected chi connectivity index (χ3v) is 2.73. The van der Waals surface area contributed by atoms with Gasteiger partial charge < -0.3 is 0 Å². The molecule has 0 aliphatic heterocycles. The summed E-state index contributed by atoms with van der Waals surface area (Å²) in [5.41, 5.74) is -1.05. The van der Waals surface area contributed by atoms with Crippen molar-refractivity contribution in [3.63, 3.8) is 0 Å². The molecule has 0 aliphatic rings. The van der Waals surface area contributed by atoms with E-state index in [1.807, 2.05) is 0 Å². The topological polar surface area (TPSA) is 30.0 Å². The van der Waals surface area contributed by atoms with Crippen LogP contribution in [0, 0.1) is 0 Å². The number of halogens is 4. The van der Waals surface area contributed by atoms with Crippen LogP contribution in [0.5, 0.6) is 0 Å². The lowest BCUT2D eigenvalue weighted by Crippen LogP contribution is -2.09. The van der Waals surface area contributed by atoms with Crippen LogP contribution in [0.25, 0.3) is 0 Å². The molecule has 0 amide bonds. The lowest BCUT2D eigenvalue weighted by atomic mass is 10.0. The number of alkyl halides is 3. The highest BCUT2D eigenvalue weighted by Gasteiger charge is 2.31. The lowest BCUT2D eigenvalue weighted by Gasteiger charge is -2.08. The summed E-state index contributed by atoms with van der Waals surface area (Å²) in [5, 5.41) is 0.102. The Morgan fingerprint density at radius 2 is 1.89 bits per heavy atom. The highest BCUT2D eigenvalue weighted by Crippen LogP contribution is 2.30. The molecular formula is C13H7ClF3NO. The van der Waals surface area contributed by atoms with E-state index in [2.05, 4.69) is 4.98 Å². The van der Waals surface area contributed by atoms with E-state index in [1.165, 1.54) is 30.5 Å². The molecule has 0 saturated carbocycles. The van der Waals surface area contributed by atoms with Crippen molar-refractivity contribution in [2.24, 2.45) is 0 Å². The molecule has 1 aromatic heterocycles. The van der Waals surface area contributed by atoms with Crippen LogP contribution in [-0.4, -0.2) is 10.8 Å². The monoisotopic (exact) mass is 285 g/mol. The number of pyridine rings is 1. The maximum absolute atomic E-state index is 12.6. The Hall–Kier alpha value is -1.88. The summed E-state index contributed by atoms with van der Waals surface area (Å²) in [6.45, 7) is 0. The van der Waals surface area contributed by atoms with Crippen LogP contribution < -0.4 is 0 Å². The van der Waals surface area contributed by atoms with E-state index < -0.39 is 17.5 Å². The molecule has 0 N–H and O–H groups in total. The number of rotatable bonds is 2. The van der Waals surface area contributed by atoms with Crippen LogP contribution in [0.1, 0.15) is 21.6 Å². The first-order valence-electron chi connectivity index (χ1n) is 5.22. The molecule has 0 fully saturated rings. The Balaban J connectivity index is 2.43. The van der Waals surface area contributed by atoms with Crippen molar-refractivity contribution in [2.75, 3.05) is 0 Å². The Kier molecular flexibility index (Phi) is 3.57. The highest BCUT2D eigenvalue weighted by atomic mass is 35.5. The van der Waals surface area contributed by atoms with Crippen LogP contribution in [0.4, 0.5) is 13.2 Å². The molecule has 2 nitrogen and oxygen atoms in total. The summed E-state index contributed by atoms with van der Waals surface area (Å²) in [4.78, 5) is 15.8. The minimum atomic E-state index is -4.50. The molecule has 0 spiro atoms. The largest absolute Gasteiger partial charge is 0.416 e. The molecule has 0 bridgehead atoms. The maximum Gasteiger partial charge on any atom is 0.416 e. The molecule has 0 radical (unpaired) electrons. The summed E-state index contributed by atoms with van der Waals surface area (Å²) in [6.07, 6.45) is -3.14. The molecule has 2 aromatic rings. The van der Waals surface area contributed by atoms with Gasteiger partial charge in [0.05, 0.1) is 10.6 Å². The quantitative estimate of drug-likeness (QED) is 0.781. The van der Waals surface area contributed by atoms with Gasteiger partial charge in [0.25, 0.3) is 0 Å². The number of carbonyl (C=O) groups excluding carboxylic acids is 1. The molecule has 0 atom stereocenters. The second kappa shape index (κ2) is 5.01. The number of hydrogen-bond donors (Lipinski definition) is 0. The van der Waals surface area contributed by atoms with Gasteiger partial charge in [0, 0.05) is 11.8 Å². The van der Waals surface area contributed by atoms with Gasteiger partial charge in [-0.25, -0.2) is 0 Å². The second-order valence-corrected chi connectivity index (χ2v) is 4.15. The first kappa shape index (κ1) is 13.5. The van der Waals surface area contributed by atoms with Crippen molar-refractivity contribution in [1.29, 1.82) is 0 Å². The van der Waals surface area contributed by atoms with Gasteiger partial charge in [-0.05, 0) is 24.3 Å². The summed E-state index contributed by atoms with van der Waals surface area (Å²) in [5.74, 6) is -0.642. The van der Waals surface area contributed by atoms with Gasteiger partial charge in [-0.2, -0.15) is 13.2 Å². The number of aromatic nitrogens is 1. The Bertz CT molecular complexity index is 625. The lowest BCUT2D eigenvalue weighted by molar-refractivity contribution is -0.137. The van der Waals surface area contributed by atoms with Crippen LogP contribution in [-0.2, 0) is 6.18 Å². The smallest absolute Gasteiger partial charge is 0.287 e. The standard InChI is InChI=1S/C13H7ClF3NO/c14-10-5-2-6-18-11(10)12(19)8-3-1-4-9(7-8)13(15,16)17/h1-7H. The number of benzene rings is 1. The van der Waals surface area contributed by atoms with E-state index in [-0.39, 0.29) is 16.3 Å². The zero-order chi connectivity index (χ0) is 14.0. The summed E-state index contributed by atoms with van der Waals surface area (Å²) in [7, 11) is 0. The Labute approximate surface area is 111 Å². The maximum atomic E-state index is 12.6. The summed E-state index contributed by atoms with van der Waals surface area (Å²) in [6, 6.07) is 7.14. The van der Waals surface area contributed by atoms with E-state index in [1.54, 1.807) is 0 Å². The van der Waals surface area contributed by atoms with Crippen LogP contribution >= 0.6 is 11.6 Å².